The summed E-state index contributed by atoms with van der Waals surface area (Å²) >= 11 is 12.0. The van der Waals surface area contributed by atoms with E-state index < -0.39 is 0 Å². The maximum atomic E-state index is 6.20. The summed E-state index contributed by atoms with van der Waals surface area (Å²) in [6.45, 7) is 8.63. The highest BCUT2D eigenvalue weighted by molar-refractivity contribution is 6.34. The van der Waals surface area contributed by atoms with Crippen LogP contribution in [0.4, 0.5) is 0 Å². The second kappa shape index (κ2) is 7.98. The third kappa shape index (κ3) is 4.75. The Bertz CT molecular complexity index is 369. The van der Waals surface area contributed by atoms with Gasteiger partial charge in [-0.25, -0.2) is 4.98 Å². The number of hydrogen-bond donors (Lipinski definition) is 0. The van der Waals surface area contributed by atoms with Gasteiger partial charge in [0.25, 0.3) is 0 Å². The first kappa shape index (κ1) is 15.7. The average molecular weight is 289 g/mol. The zero-order chi connectivity index (χ0) is 13.5. The lowest BCUT2D eigenvalue weighted by molar-refractivity contribution is 0.192. The van der Waals surface area contributed by atoms with Gasteiger partial charge in [0.2, 0.25) is 0 Å². The Kier molecular flexibility index (Phi) is 6.98. The van der Waals surface area contributed by atoms with Crippen LogP contribution in [0.2, 0.25) is 10.2 Å². The Morgan fingerprint density at radius 3 is 2.61 bits per heavy atom. The van der Waals surface area contributed by atoms with E-state index in [2.05, 4.69) is 30.7 Å². The van der Waals surface area contributed by atoms with Crippen molar-refractivity contribution in [1.82, 2.24) is 9.88 Å². The first-order valence-corrected chi connectivity index (χ1v) is 7.38. The topological polar surface area (TPSA) is 16.1 Å². The van der Waals surface area contributed by atoms with E-state index in [4.69, 9.17) is 23.2 Å². The van der Waals surface area contributed by atoms with Gasteiger partial charge in [0, 0.05) is 29.4 Å². The predicted molar refractivity (Wildman–Crippen MR) is 79.3 cm³/mol. The molecule has 1 aromatic rings. The van der Waals surface area contributed by atoms with Crippen molar-refractivity contribution in [3.63, 3.8) is 0 Å². The van der Waals surface area contributed by atoms with E-state index in [1.165, 1.54) is 12.8 Å². The van der Waals surface area contributed by atoms with E-state index in [1.807, 2.05) is 0 Å². The van der Waals surface area contributed by atoms with Gasteiger partial charge in [0.1, 0.15) is 5.15 Å². The second-order valence-corrected chi connectivity index (χ2v) is 5.47. The number of unbranched alkanes of at least 4 members (excludes halogenated alkanes) is 1. The minimum atomic E-state index is 0.451. The van der Waals surface area contributed by atoms with Crippen LogP contribution in [0.3, 0.4) is 0 Å². The van der Waals surface area contributed by atoms with Gasteiger partial charge in [-0.15, -0.1) is 0 Å². The molecule has 18 heavy (non-hydrogen) atoms. The van der Waals surface area contributed by atoms with Gasteiger partial charge in [0.05, 0.1) is 0 Å². The molecule has 0 radical (unpaired) electrons. The molecule has 0 spiro atoms. The molecule has 1 heterocycles. The molecule has 0 saturated carbocycles. The predicted octanol–water partition coefficient (Wildman–Crippen LogP) is 4.79. The van der Waals surface area contributed by atoms with Gasteiger partial charge in [0.15, 0.2) is 0 Å². The summed E-state index contributed by atoms with van der Waals surface area (Å²) in [5.74, 6) is 0. The van der Waals surface area contributed by atoms with Crippen LogP contribution in [0.1, 0.15) is 45.6 Å². The number of pyridine rings is 1. The van der Waals surface area contributed by atoms with Crippen LogP contribution in [-0.2, 0) is 6.54 Å². The van der Waals surface area contributed by atoms with Crippen molar-refractivity contribution >= 4 is 23.2 Å². The Morgan fingerprint density at radius 2 is 2.06 bits per heavy atom. The maximum absolute atomic E-state index is 6.20. The molecule has 0 aliphatic rings. The summed E-state index contributed by atoms with van der Waals surface area (Å²) in [5, 5.41) is 1.16. The van der Waals surface area contributed by atoms with Crippen LogP contribution in [0.15, 0.2) is 12.3 Å². The molecule has 4 heteroatoms. The quantitative estimate of drug-likeness (QED) is 0.671. The highest BCUT2D eigenvalue weighted by atomic mass is 35.5. The van der Waals surface area contributed by atoms with E-state index >= 15 is 0 Å². The van der Waals surface area contributed by atoms with Gasteiger partial charge < -0.3 is 0 Å². The molecule has 0 bridgehead atoms. The van der Waals surface area contributed by atoms with Crippen molar-refractivity contribution in [3.8, 4) is 0 Å². The summed E-state index contributed by atoms with van der Waals surface area (Å²) in [5.41, 5.74) is 1.05. The number of rotatable bonds is 7. The number of halogens is 2. The largest absolute Gasteiger partial charge is 0.296 e. The third-order valence-corrected chi connectivity index (χ3v) is 3.84. The molecule has 102 valence electrons. The van der Waals surface area contributed by atoms with Crippen LogP contribution in [0, 0.1) is 0 Å². The molecule has 2 nitrogen and oxygen atoms in total. The molecular formula is C14H22Cl2N2. The number of aromatic nitrogens is 1. The zero-order valence-electron chi connectivity index (χ0n) is 11.4. The van der Waals surface area contributed by atoms with Gasteiger partial charge in [-0.2, -0.15) is 0 Å². The van der Waals surface area contributed by atoms with Crippen molar-refractivity contribution in [1.29, 1.82) is 0 Å². The van der Waals surface area contributed by atoms with Crippen LogP contribution in [0.25, 0.3) is 0 Å². The highest BCUT2D eigenvalue weighted by Crippen LogP contribution is 2.21. The molecule has 0 N–H and O–H groups in total. The Hall–Kier alpha value is -0.310. The van der Waals surface area contributed by atoms with Gasteiger partial charge >= 0.3 is 0 Å². The molecule has 0 aromatic carbocycles. The lowest BCUT2D eigenvalue weighted by Gasteiger charge is -2.28. The standard InChI is InChI=1S/C14H22Cl2N2/c1-4-6-7-18(11(3)5-2)10-12-9-17-14(16)8-13(12)15/h8-9,11H,4-7,10H2,1-3H3. The summed E-state index contributed by atoms with van der Waals surface area (Å²) in [6.07, 6.45) is 5.34. The Morgan fingerprint density at radius 1 is 1.33 bits per heavy atom. The Balaban J connectivity index is 2.75. The second-order valence-electron chi connectivity index (χ2n) is 4.68. The molecule has 0 aliphatic heterocycles. The van der Waals surface area contributed by atoms with Crippen molar-refractivity contribution in [2.24, 2.45) is 0 Å². The monoisotopic (exact) mass is 288 g/mol. The first-order valence-electron chi connectivity index (χ1n) is 6.62. The van der Waals surface area contributed by atoms with Crippen LogP contribution in [0.5, 0.6) is 0 Å². The SMILES string of the molecule is CCCCN(Cc1cnc(Cl)cc1Cl)C(C)CC. The molecule has 1 aromatic heterocycles. The minimum absolute atomic E-state index is 0.451. The van der Waals surface area contributed by atoms with Gasteiger partial charge in [-0.05, 0) is 32.4 Å². The highest BCUT2D eigenvalue weighted by Gasteiger charge is 2.14. The van der Waals surface area contributed by atoms with Crippen LogP contribution in [-0.4, -0.2) is 22.5 Å². The third-order valence-electron chi connectivity index (χ3n) is 3.28. The number of nitrogens with zero attached hydrogens (tertiary/aromatic N) is 2. The fraction of sp³-hybridized carbons (Fsp3) is 0.643. The summed E-state index contributed by atoms with van der Waals surface area (Å²) in [6, 6.07) is 2.27. The van der Waals surface area contributed by atoms with E-state index in [1.54, 1.807) is 12.3 Å². The lowest BCUT2D eigenvalue weighted by atomic mass is 10.1. The molecule has 1 atom stereocenters. The van der Waals surface area contributed by atoms with E-state index in [0.717, 1.165) is 25.1 Å². The molecule has 0 aliphatic carbocycles. The van der Waals surface area contributed by atoms with Crippen molar-refractivity contribution in [2.45, 2.75) is 52.6 Å². The van der Waals surface area contributed by atoms with Crippen LogP contribution >= 0.6 is 23.2 Å². The smallest absolute Gasteiger partial charge is 0.130 e. The molecular weight excluding hydrogens is 267 g/mol. The lowest BCUT2D eigenvalue weighted by Crippen LogP contribution is -2.33. The van der Waals surface area contributed by atoms with Gasteiger partial charge in [-0.3, -0.25) is 4.90 Å². The summed E-state index contributed by atoms with van der Waals surface area (Å²) in [4.78, 5) is 6.57. The maximum Gasteiger partial charge on any atom is 0.130 e. The van der Waals surface area contributed by atoms with E-state index in [-0.39, 0.29) is 0 Å². The Labute approximate surface area is 120 Å². The van der Waals surface area contributed by atoms with Crippen molar-refractivity contribution in [3.05, 3.63) is 28.0 Å². The van der Waals surface area contributed by atoms with Crippen LogP contribution < -0.4 is 0 Å². The molecule has 0 saturated heterocycles. The molecule has 0 amide bonds. The minimum Gasteiger partial charge on any atom is -0.296 e. The zero-order valence-corrected chi connectivity index (χ0v) is 12.9. The first-order chi connectivity index (χ1) is 8.58. The molecule has 1 unspecified atom stereocenters. The normalized spacial score (nSPS) is 13.0. The van der Waals surface area contributed by atoms with Crippen molar-refractivity contribution in [2.75, 3.05) is 6.54 Å². The summed E-state index contributed by atoms with van der Waals surface area (Å²) < 4.78 is 0. The van der Waals surface area contributed by atoms with Gasteiger partial charge in [-0.1, -0.05) is 43.5 Å². The summed E-state index contributed by atoms with van der Waals surface area (Å²) in [7, 11) is 0. The average Bonchev–Trinajstić information content (AvgIpc) is 2.36. The fourth-order valence-electron chi connectivity index (χ4n) is 1.85. The molecule has 0 fully saturated rings. The fourth-order valence-corrected chi connectivity index (χ4v) is 2.27. The van der Waals surface area contributed by atoms with E-state index in [9.17, 15) is 0 Å². The molecule has 1 rings (SSSR count). The van der Waals surface area contributed by atoms with Crippen molar-refractivity contribution < 1.29 is 0 Å². The van der Waals surface area contributed by atoms with E-state index in [0.29, 0.717) is 16.2 Å². The number of hydrogen-bond acceptors (Lipinski definition) is 2.